The van der Waals surface area contributed by atoms with Crippen LogP contribution in [0.4, 0.5) is 4.79 Å². The van der Waals surface area contributed by atoms with E-state index in [1.54, 1.807) is 52.0 Å². The Balaban J connectivity index is 2.53. The first-order chi connectivity index (χ1) is 18.6. The van der Waals surface area contributed by atoms with E-state index in [1.165, 1.54) is 13.2 Å². The number of carbonyl (C=O) groups excluding carboxylic acids is 4. The highest BCUT2D eigenvalue weighted by atomic mass is 16.7. The van der Waals surface area contributed by atoms with E-state index in [-0.39, 0.29) is 11.1 Å². The van der Waals surface area contributed by atoms with Crippen LogP contribution in [0.25, 0.3) is 0 Å². The van der Waals surface area contributed by atoms with Crippen LogP contribution in [0.2, 0.25) is 0 Å². The molecule has 0 radical (unpaired) electrons. The predicted octanol–water partition coefficient (Wildman–Crippen LogP) is 3.36. The molecule has 0 spiro atoms. The first kappa shape index (κ1) is 31.8. The van der Waals surface area contributed by atoms with E-state index in [0.29, 0.717) is 16.3 Å². The molecule has 1 unspecified atom stereocenters. The fourth-order valence-corrected chi connectivity index (χ4v) is 3.89. The predicted molar refractivity (Wildman–Crippen MR) is 143 cm³/mol. The van der Waals surface area contributed by atoms with Crippen molar-refractivity contribution in [2.45, 2.75) is 59.5 Å². The molecule has 0 heterocycles. The summed E-state index contributed by atoms with van der Waals surface area (Å²) in [5.74, 6) is -3.62. The Morgan fingerprint density at radius 2 is 1.55 bits per heavy atom. The Bertz CT molecular complexity index is 1280. The molecule has 0 aliphatic heterocycles. The van der Waals surface area contributed by atoms with Gasteiger partial charge in [-0.3, -0.25) is 19.2 Å². The number of carboxylic acid groups (broad SMARTS) is 1. The van der Waals surface area contributed by atoms with Gasteiger partial charge in [-0.2, -0.15) is 0 Å². The number of aryl methyl sites for hydroxylation is 2. The molecular formula is C28H35N3O9. The van der Waals surface area contributed by atoms with Crippen molar-refractivity contribution in [3.05, 3.63) is 64.2 Å². The summed E-state index contributed by atoms with van der Waals surface area (Å²) in [5.41, 5.74) is 6.50. The SMILES string of the molecule is COc1cccc(C(=O)N(C(=O)OCOC(=O)CC(N)C(=O)O)N(C(=O)c2cc(C)cc(C)c2)C(C)(C)C)c1C. The second kappa shape index (κ2) is 13.1. The molecule has 3 amide bonds. The molecule has 0 saturated carbocycles. The minimum absolute atomic E-state index is 0.0585. The van der Waals surface area contributed by atoms with Gasteiger partial charge < -0.3 is 25.1 Å². The zero-order valence-corrected chi connectivity index (χ0v) is 23.6. The molecule has 3 N–H and O–H groups in total. The number of esters is 1. The Morgan fingerprint density at radius 3 is 2.08 bits per heavy atom. The molecule has 12 heteroatoms. The van der Waals surface area contributed by atoms with E-state index in [9.17, 15) is 24.0 Å². The van der Waals surface area contributed by atoms with E-state index in [0.717, 1.165) is 16.1 Å². The van der Waals surface area contributed by atoms with Crippen LogP contribution in [0.1, 0.15) is 64.6 Å². The van der Waals surface area contributed by atoms with Gasteiger partial charge in [0.1, 0.15) is 11.8 Å². The van der Waals surface area contributed by atoms with E-state index >= 15 is 0 Å². The van der Waals surface area contributed by atoms with Crippen molar-refractivity contribution in [2.24, 2.45) is 5.73 Å². The molecule has 216 valence electrons. The van der Waals surface area contributed by atoms with Crippen LogP contribution in [0.3, 0.4) is 0 Å². The highest BCUT2D eigenvalue weighted by Gasteiger charge is 2.41. The van der Waals surface area contributed by atoms with Gasteiger partial charge in [0.05, 0.1) is 19.1 Å². The van der Waals surface area contributed by atoms with Crippen LogP contribution in [0, 0.1) is 20.8 Å². The zero-order valence-electron chi connectivity index (χ0n) is 23.6. The van der Waals surface area contributed by atoms with Gasteiger partial charge >= 0.3 is 18.0 Å². The second-order valence-corrected chi connectivity index (χ2v) is 10.1. The third-order valence-electron chi connectivity index (χ3n) is 5.70. The lowest BCUT2D eigenvalue weighted by atomic mass is 10.0. The van der Waals surface area contributed by atoms with Crippen LogP contribution in [0.15, 0.2) is 36.4 Å². The number of hydrogen-bond donors (Lipinski definition) is 2. The number of imide groups is 1. The van der Waals surface area contributed by atoms with Gasteiger partial charge in [0, 0.05) is 16.7 Å². The van der Waals surface area contributed by atoms with Gasteiger partial charge in [0.2, 0.25) is 6.79 Å². The van der Waals surface area contributed by atoms with Crippen molar-refractivity contribution < 1.29 is 43.3 Å². The highest BCUT2D eigenvalue weighted by molar-refractivity contribution is 6.07. The minimum atomic E-state index is -1.51. The molecule has 2 rings (SSSR count). The number of amides is 3. The fourth-order valence-electron chi connectivity index (χ4n) is 3.89. The summed E-state index contributed by atoms with van der Waals surface area (Å²) in [5, 5.41) is 10.4. The number of nitrogens with two attached hydrogens (primary N) is 1. The van der Waals surface area contributed by atoms with Crippen molar-refractivity contribution in [3.63, 3.8) is 0 Å². The van der Waals surface area contributed by atoms with Gasteiger partial charge in [-0.25, -0.2) is 9.80 Å². The van der Waals surface area contributed by atoms with Crippen molar-refractivity contribution >= 4 is 29.8 Å². The summed E-state index contributed by atoms with van der Waals surface area (Å²) in [6, 6.07) is 8.29. The smallest absolute Gasteiger partial charge is 0.439 e. The van der Waals surface area contributed by atoms with Crippen molar-refractivity contribution in [1.82, 2.24) is 10.0 Å². The number of aliphatic carboxylic acids is 1. The monoisotopic (exact) mass is 557 g/mol. The maximum absolute atomic E-state index is 13.9. The number of carboxylic acids is 1. The first-order valence-corrected chi connectivity index (χ1v) is 12.3. The summed E-state index contributed by atoms with van der Waals surface area (Å²) in [6.45, 7) is 9.18. The number of methoxy groups -OCH3 is 1. The molecule has 0 aliphatic carbocycles. The minimum Gasteiger partial charge on any atom is -0.496 e. The number of rotatable bonds is 8. The van der Waals surface area contributed by atoms with Gasteiger partial charge in [0.25, 0.3) is 11.8 Å². The molecule has 12 nitrogen and oxygen atoms in total. The molecule has 0 bridgehead atoms. The van der Waals surface area contributed by atoms with Gasteiger partial charge in [-0.05, 0) is 65.8 Å². The number of nitrogens with zero attached hydrogens (tertiary/aromatic N) is 2. The summed E-state index contributed by atoms with van der Waals surface area (Å²) < 4.78 is 15.2. The first-order valence-electron chi connectivity index (χ1n) is 12.3. The lowest BCUT2D eigenvalue weighted by molar-refractivity contribution is -0.156. The molecule has 0 aliphatic rings. The van der Waals surface area contributed by atoms with E-state index in [4.69, 9.17) is 25.1 Å². The highest BCUT2D eigenvalue weighted by Crippen LogP contribution is 2.27. The fraction of sp³-hybridized carbons (Fsp3) is 0.393. The summed E-state index contributed by atoms with van der Waals surface area (Å²) in [6.07, 6.45) is -1.98. The lowest BCUT2D eigenvalue weighted by Crippen LogP contribution is -2.60. The van der Waals surface area contributed by atoms with Crippen molar-refractivity contribution in [3.8, 4) is 5.75 Å². The van der Waals surface area contributed by atoms with Crippen LogP contribution in [0.5, 0.6) is 5.75 Å². The maximum atomic E-state index is 13.9. The van der Waals surface area contributed by atoms with Crippen LogP contribution < -0.4 is 10.5 Å². The third kappa shape index (κ3) is 7.79. The third-order valence-corrected chi connectivity index (χ3v) is 5.70. The summed E-state index contributed by atoms with van der Waals surface area (Å²) >= 11 is 0. The van der Waals surface area contributed by atoms with Gasteiger partial charge in [0.15, 0.2) is 0 Å². The molecule has 0 aromatic heterocycles. The van der Waals surface area contributed by atoms with Gasteiger partial charge in [-0.15, -0.1) is 5.01 Å². The number of benzene rings is 2. The standard InChI is InChI=1S/C28H35N3O9/c1-16-11-17(2)13-19(12-16)24(33)31(28(4,5)6)30(25(34)20-9-8-10-22(38-7)18(20)3)27(37)40-15-39-23(32)14-21(29)26(35)36/h8-13,21H,14-15,29H2,1-7H3,(H,35,36). The zero-order chi connectivity index (χ0) is 30.4. The van der Waals surface area contributed by atoms with Gasteiger partial charge in [-0.1, -0.05) is 23.3 Å². The lowest BCUT2D eigenvalue weighted by Gasteiger charge is -2.41. The Morgan fingerprint density at radius 1 is 0.950 bits per heavy atom. The number of carbonyl (C=O) groups is 5. The van der Waals surface area contributed by atoms with E-state index in [1.807, 2.05) is 19.9 Å². The molecule has 40 heavy (non-hydrogen) atoms. The summed E-state index contributed by atoms with van der Waals surface area (Å²) in [7, 11) is 1.43. The van der Waals surface area contributed by atoms with Crippen LogP contribution in [-0.4, -0.2) is 70.5 Å². The quantitative estimate of drug-likeness (QED) is 0.279. The Hall–Kier alpha value is -4.45. The second-order valence-electron chi connectivity index (χ2n) is 10.1. The molecule has 0 saturated heterocycles. The largest absolute Gasteiger partial charge is 0.496 e. The van der Waals surface area contributed by atoms with Crippen molar-refractivity contribution in [1.29, 1.82) is 0 Å². The van der Waals surface area contributed by atoms with Crippen molar-refractivity contribution in [2.75, 3.05) is 13.9 Å². The topological polar surface area (TPSA) is 166 Å². The molecule has 2 aromatic rings. The van der Waals surface area contributed by atoms with E-state index < -0.39 is 54.6 Å². The summed E-state index contributed by atoms with van der Waals surface area (Å²) in [4.78, 5) is 64.1. The maximum Gasteiger partial charge on any atom is 0.439 e. The molecule has 0 fully saturated rings. The van der Waals surface area contributed by atoms with Crippen LogP contribution in [-0.2, 0) is 19.1 Å². The number of hydrazine groups is 1. The molecule has 1 atom stereocenters. The normalized spacial score (nSPS) is 11.7. The molecular weight excluding hydrogens is 522 g/mol. The van der Waals surface area contributed by atoms with E-state index in [2.05, 4.69) is 0 Å². The average molecular weight is 558 g/mol. The number of hydrogen-bond acceptors (Lipinski definition) is 9. The number of ether oxygens (including phenoxy) is 3. The Kier molecular flexibility index (Phi) is 10.4. The average Bonchev–Trinajstić information content (AvgIpc) is 2.85. The van der Waals surface area contributed by atoms with Crippen LogP contribution >= 0.6 is 0 Å². The molecule has 2 aromatic carbocycles. The Labute approximate surface area is 232 Å².